The predicted octanol–water partition coefficient (Wildman–Crippen LogP) is 3.03. The van der Waals surface area contributed by atoms with Crippen molar-refractivity contribution in [1.82, 2.24) is 10.2 Å². The molecule has 2 amide bonds. The normalized spacial score (nSPS) is 19.2. The van der Waals surface area contributed by atoms with Gasteiger partial charge in [0.2, 0.25) is 0 Å². The van der Waals surface area contributed by atoms with Crippen LogP contribution in [0.2, 0.25) is 0 Å². The molecule has 0 saturated heterocycles. The van der Waals surface area contributed by atoms with Crippen molar-refractivity contribution in [1.29, 1.82) is 0 Å². The lowest BCUT2D eigenvalue weighted by Crippen LogP contribution is -2.59. The van der Waals surface area contributed by atoms with Crippen LogP contribution < -0.4 is 15.4 Å². The Morgan fingerprint density at radius 2 is 1.93 bits per heavy atom. The summed E-state index contributed by atoms with van der Waals surface area (Å²) in [5.41, 5.74) is 0.569. The number of fused-ring (bicyclic) bond motifs is 1. The molecule has 1 aliphatic heterocycles. The first-order valence-electron chi connectivity index (χ1n) is 9.51. The van der Waals surface area contributed by atoms with Crippen molar-refractivity contribution in [2.45, 2.75) is 31.9 Å². The van der Waals surface area contributed by atoms with Gasteiger partial charge in [0.05, 0.1) is 11.7 Å². The summed E-state index contributed by atoms with van der Waals surface area (Å²) in [6.45, 7) is 4.06. The second kappa shape index (κ2) is 8.21. The van der Waals surface area contributed by atoms with E-state index in [1.165, 1.54) is 19.1 Å². The molecule has 0 radical (unpaired) electrons. The average Bonchev–Trinajstić information content (AvgIpc) is 2.66. The predicted molar refractivity (Wildman–Crippen MR) is 109 cm³/mol. The molecule has 0 spiro atoms. The molecule has 3 rings (SSSR count). The van der Waals surface area contributed by atoms with Crippen LogP contribution in [0.25, 0.3) is 0 Å². The maximum atomic E-state index is 13.3. The Labute approximate surface area is 170 Å². The summed E-state index contributed by atoms with van der Waals surface area (Å²) >= 11 is 0. The Bertz CT molecular complexity index is 914. The van der Waals surface area contributed by atoms with Crippen LogP contribution in [0.15, 0.2) is 42.5 Å². The van der Waals surface area contributed by atoms with E-state index < -0.39 is 23.5 Å². The Hall–Kier alpha value is -2.93. The first-order chi connectivity index (χ1) is 13.7. The maximum Gasteiger partial charge on any atom is 0.278 e. The summed E-state index contributed by atoms with van der Waals surface area (Å²) in [5, 5.41) is 5.68. The second-order valence-electron chi connectivity index (χ2n) is 7.76. The number of benzene rings is 2. The third-order valence-corrected chi connectivity index (χ3v) is 5.01. The van der Waals surface area contributed by atoms with Gasteiger partial charge in [-0.05, 0) is 76.3 Å². The van der Waals surface area contributed by atoms with Crippen molar-refractivity contribution in [2.24, 2.45) is 0 Å². The molecule has 29 heavy (non-hydrogen) atoms. The first kappa shape index (κ1) is 20.8. The molecule has 1 heterocycles. The van der Waals surface area contributed by atoms with Gasteiger partial charge in [-0.2, -0.15) is 0 Å². The van der Waals surface area contributed by atoms with E-state index in [0.29, 0.717) is 24.4 Å². The van der Waals surface area contributed by atoms with Crippen LogP contribution in [0.1, 0.15) is 30.5 Å². The molecule has 154 valence electrons. The van der Waals surface area contributed by atoms with E-state index in [4.69, 9.17) is 4.74 Å². The number of carbonyl (C=O) groups excluding carboxylic acids is 2. The van der Waals surface area contributed by atoms with Crippen molar-refractivity contribution in [3.63, 3.8) is 0 Å². The van der Waals surface area contributed by atoms with Crippen LogP contribution in [0, 0.1) is 12.7 Å². The summed E-state index contributed by atoms with van der Waals surface area (Å²) < 4.78 is 19.2. The van der Waals surface area contributed by atoms with E-state index in [1.807, 2.05) is 32.0 Å². The van der Waals surface area contributed by atoms with Crippen molar-refractivity contribution in [2.75, 3.05) is 26.0 Å². The van der Waals surface area contributed by atoms with E-state index in [2.05, 4.69) is 10.6 Å². The number of halogens is 1. The highest BCUT2D eigenvalue weighted by Gasteiger charge is 2.47. The van der Waals surface area contributed by atoms with Crippen LogP contribution in [-0.2, 0) is 9.59 Å². The molecule has 0 aliphatic carbocycles. The number of amides is 2. The van der Waals surface area contributed by atoms with Gasteiger partial charge in [0.25, 0.3) is 17.4 Å². The van der Waals surface area contributed by atoms with Gasteiger partial charge in [0.15, 0.2) is 0 Å². The lowest BCUT2D eigenvalue weighted by atomic mass is 9.98. The average molecular weight is 399 g/mol. The highest BCUT2D eigenvalue weighted by atomic mass is 19.1. The van der Waals surface area contributed by atoms with E-state index in [9.17, 15) is 14.0 Å². The number of nitrogens with one attached hydrogen (secondary N) is 2. The monoisotopic (exact) mass is 399 g/mol. The van der Waals surface area contributed by atoms with Gasteiger partial charge in [-0.1, -0.05) is 18.2 Å². The molecule has 2 aromatic rings. The largest absolute Gasteiger partial charge is 0.466 e. The molecule has 0 aromatic heterocycles. The minimum absolute atomic E-state index is 0.347. The van der Waals surface area contributed by atoms with Gasteiger partial charge in [-0.25, -0.2) is 4.39 Å². The number of ether oxygens (including phenoxy) is 1. The van der Waals surface area contributed by atoms with Gasteiger partial charge in [-0.15, -0.1) is 0 Å². The van der Waals surface area contributed by atoms with E-state index >= 15 is 0 Å². The zero-order chi connectivity index (χ0) is 21.2. The van der Waals surface area contributed by atoms with Crippen LogP contribution in [-0.4, -0.2) is 43.0 Å². The van der Waals surface area contributed by atoms with Crippen molar-refractivity contribution >= 4 is 17.5 Å². The molecular formula is C22H26FN3O3. The Morgan fingerprint density at radius 3 is 2.59 bits per heavy atom. The molecule has 0 saturated carbocycles. The summed E-state index contributed by atoms with van der Waals surface area (Å²) in [6.07, 6.45) is 0.595. The maximum absolute atomic E-state index is 13.3. The Morgan fingerprint density at radius 1 is 1.24 bits per heavy atom. The summed E-state index contributed by atoms with van der Waals surface area (Å²) in [4.78, 5) is 27.8. The molecule has 0 bridgehead atoms. The topological polar surface area (TPSA) is 70.7 Å². The van der Waals surface area contributed by atoms with Gasteiger partial charge < -0.3 is 20.3 Å². The zero-order valence-corrected chi connectivity index (χ0v) is 17.1. The molecular weight excluding hydrogens is 373 g/mol. The van der Waals surface area contributed by atoms with E-state index in [1.54, 1.807) is 24.3 Å². The Kier molecular flexibility index (Phi) is 5.88. The minimum Gasteiger partial charge on any atom is -0.466 e. The molecule has 6 nitrogen and oxygen atoms in total. The smallest absolute Gasteiger partial charge is 0.278 e. The lowest BCUT2D eigenvalue weighted by Gasteiger charge is -2.34. The van der Waals surface area contributed by atoms with Crippen LogP contribution in [0.5, 0.6) is 5.75 Å². The molecule has 7 heteroatoms. The third-order valence-electron chi connectivity index (χ3n) is 5.01. The highest BCUT2D eigenvalue weighted by Crippen LogP contribution is 2.35. The highest BCUT2D eigenvalue weighted by molar-refractivity contribution is 6.15. The van der Waals surface area contributed by atoms with Crippen molar-refractivity contribution in [3.05, 3.63) is 59.4 Å². The quantitative estimate of drug-likeness (QED) is 0.733. The van der Waals surface area contributed by atoms with Crippen LogP contribution in [0.3, 0.4) is 0 Å². The number of nitrogens with zero attached hydrogens (tertiary/aromatic N) is 1. The van der Waals surface area contributed by atoms with Gasteiger partial charge in [0, 0.05) is 0 Å². The summed E-state index contributed by atoms with van der Waals surface area (Å²) in [7, 11) is 3.86. The third kappa shape index (κ3) is 4.56. The fraction of sp³-hybridized carbons (Fsp3) is 0.364. The van der Waals surface area contributed by atoms with Crippen molar-refractivity contribution < 1.29 is 18.7 Å². The summed E-state index contributed by atoms with van der Waals surface area (Å²) in [5.74, 6) is -0.979. The van der Waals surface area contributed by atoms with Gasteiger partial charge in [-0.3, -0.25) is 9.59 Å². The first-order valence-corrected chi connectivity index (χ1v) is 9.51. The van der Waals surface area contributed by atoms with Gasteiger partial charge >= 0.3 is 0 Å². The molecule has 0 fully saturated rings. The van der Waals surface area contributed by atoms with E-state index in [-0.39, 0.29) is 5.82 Å². The molecule has 1 aliphatic rings. The Balaban J connectivity index is 1.83. The van der Waals surface area contributed by atoms with Gasteiger partial charge in [0.1, 0.15) is 11.6 Å². The fourth-order valence-electron chi connectivity index (χ4n) is 3.19. The SMILES string of the molecule is Cc1ccc2c(c1)NC(=O)C(C)(C(=O)NC(CCN(C)C)c1ccc(F)cc1)O2. The molecule has 2 N–H and O–H groups in total. The van der Waals surface area contributed by atoms with Crippen LogP contribution in [0.4, 0.5) is 10.1 Å². The minimum atomic E-state index is -1.71. The lowest BCUT2D eigenvalue weighted by molar-refractivity contribution is -0.147. The van der Waals surface area contributed by atoms with Crippen molar-refractivity contribution in [3.8, 4) is 5.75 Å². The number of anilines is 1. The standard InChI is InChI=1S/C22H26FN3O3/c1-14-5-10-19-18(13-14)25-21(28)22(2,29-19)20(27)24-17(11-12-26(3)4)15-6-8-16(23)9-7-15/h5-10,13,17H,11-12H2,1-4H3,(H,24,27)(H,25,28). The number of rotatable bonds is 6. The number of hydrogen-bond donors (Lipinski definition) is 2. The molecule has 2 atom stereocenters. The second-order valence-corrected chi connectivity index (χ2v) is 7.76. The van der Waals surface area contributed by atoms with Crippen LogP contribution >= 0.6 is 0 Å². The summed E-state index contributed by atoms with van der Waals surface area (Å²) in [6, 6.07) is 11.0. The molecule has 2 aromatic carbocycles. The number of hydrogen-bond acceptors (Lipinski definition) is 4. The fourth-order valence-corrected chi connectivity index (χ4v) is 3.19. The molecule has 2 unspecified atom stereocenters. The number of carbonyl (C=O) groups is 2. The van der Waals surface area contributed by atoms with E-state index in [0.717, 1.165) is 11.1 Å². The zero-order valence-electron chi connectivity index (χ0n) is 17.1. The number of aryl methyl sites for hydroxylation is 1.